The summed E-state index contributed by atoms with van der Waals surface area (Å²) in [6.07, 6.45) is -3.88. The summed E-state index contributed by atoms with van der Waals surface area (Å²) in [6, 6.07) is 3.24. The Morgan fingerprint density at radius 2 is 2.10 bits per heavy atom. The predicted molar refractivity (Wildman–Crippen MR) is 68.5 cm³/mol. The molecule has 108 valence electrons. The zero-order valence-electron chi connectivity index (χ0n) is 10.2. The van der Waals surface area contributed by atoms with Crippen LogP contribution in [0.2, 0.25) is 5.02 Å². The van der Waals surface area contributed by atoms with Gasteiger partial charge in [-0.2, -0.15) is 23.3 Å². The number of nitrogens with zero attached hydrogens (tertiary/aromatic N) is 2. The lowest BCUT2D eigenvalue weighted by molar-refractivity contribution is -0.137. The maximum Gasteiger partial charge on any atom is 0.417 e. The monoisotopic (exact) mass is 306 g/mol. The summed E-state index contributed by atoms with van der Waals surface area (Å²) in [5, 5.41) is 10.8. The topological polar surface area (TPSA) is 82.5 Å². The molecule has 9 heteroatoms. The molecular formula is C11H10ClF3N4O. The first kappa shape index (κ1) is 16.0. The van der Waals surface area contributed by atoms with Crippen LogP contribution in [0.3, 0.4) is 0 Å². The molecule has 0 atom stereocenters. The van der Waals surface area contributed by atoms with Crippen LogP contribution in [0.1, 0.15) is 18.1 Å². The Balaban J connectivity index is 3.27. The first-order chi connectivity index (χ1) is 9.14. The number of benzene rings is 1. The van der Waals surface area contributed by atoms with Crippen molar-refractivity contribution in [2.75, 3.05) is 0 Å². The molecule has 0 heterocycles. The SMILES string of the molecule is CC(=O)N(/N=C/c1c(Cl)cccc1C(F)(F)F)C(=N)N. The van der Waals surface area contributed by atoms with Gasteiger partial charge in [-0.15, -0.1) is 0 Å². The smallest absolute Gasteiger partial charge is 0.368 e. The van der Waals surface area contributed by atoms with Crippen LogP contribution < -0.4 is 5.73 Å². The number of guanidine groups is 1. The van der Waals surface area contributed by atoms with Gasteiger partial charge in [-0.1, -0.05) is 17.7 Å². The van der Waals surface area contributed by atoms with Gasteiger partial charge in [0.25, 0.3) is 0 Å². The van der Waals surface area contributed by atoms with Gasteiger partial charge >= 0.3 is 6.18 Å². The van der Waals surface area contributed by atoms with Gasteiger partial charge in [-0.3, -0.25) is 10.2 Å². The minimum atomic E-state index is -4.62. The molecule has 0 saturated heterocycles. The van der Waals surface area contributed by atoms with Gasteiger partial charge in [0.05, 0.1) is 16.8 Å². The molecular weight excluding hydrogens is 297 g/mol. The molecule has 1 amide bonds. The van der Waals surface area contributed by atoms with E-state index in [0.717, 1.165) is 25.3 Å². The largest absolute Gasteiger partial charge is 0.417 e. The Morgan fingerprint density at radius 1 is 1.50 bits per heavy atom. The summed E-state index contributed by atoms with van der Waals surface area (Å²) in [4.78, 5) is 11.1. The Labute approximate surface area is 117 Å². The summed E-state index contributed by atoms with van der Waals surface area (Å²) in [6.45, 7) is 1.07. The van der Waals surface area contributed by atoms with Crippen molar-refractivity contribution in [3.05, 3.63) is 34.3 Å². The number of amides is 1. The van der Waals surface area contributed by atoms with Crippen LogP contribution in [-0.2, 0) is 11.0 Å². The van der Waals surface area contributed by atoms with E-state index in [0.29, 0.717) is 5.01 Å². The highest BCUT2D eigenvalue weighted by Crippen LogP contribution is 2.34. The van der Waals surface area contributed by atoms with Crippen LogP contribution in [0.15, 0.2) is 23.3 Å². The van der Waals surface area contributed by atoms with Crippen molar-refractivity contribution in [3.63, 3.8) is 0 Å². The maximum absolute atomic E-state index is 12.8. The highest BCUT2D eigenvalue weighted by atomic mass is 35.5. The molecule has 1 aromatic carbocycles. The molecule has 20 heavy (non-hydrogen) atoms. The van der Waals surface area contributed by atoms with Gasteiger partial charge in [0.2, 0.25) is 11.9 Å². The van der Waals surface area contributed by atoms with Gasteiger partial charge in [-0.25, -0.2) is 0 Å². The molecule has 5 nitrogen and oxygen atoms in total. The van der Waals surface area contributed by atoms with Gasteiger partial charge in [0, 0.05) is 12.5 Å². The number of alkyl halides is 3. The number of nitrogens with two attached hydrogens (primary N) is 1. The highest BCUT2D eigenvalue weighted by molar-refractivity contribution is 6.33. The van der Waals surface area contributed by atoms with E-state index in [2.05, 4.69) is 5.10 Å². The number of hydrazone groups is 1. The summed E-state index contributed by atoms with van der Waals surface area (Å²) in [5.41, 5.74) is 3.68. The lowest BCUT2D eigenvalue weighted by Gasteiger charge is -2.14. The molecule has 0 spiro atoms. The summed E-state index contributed by atoms with van der Waals surface area (Å²) in [5.74, 6) is -1.43. The number of nitrogens with one attached hydrogen (secondary N) is 1. The molecule has 1 rings (SSSR count). The van der Waals surface area contributed by atoms with Crippen LogP contribution in [0.25, 0.3) is 0 Å². The van der Waals surface area contributed by atoms with E-state index in [9.17, 15) is 18.0 Å². The van der Waals surface area contributed by atoms with Crippen molar-refractivity contribution in [3.8, 4) is 0 Å². The molecule has 0 fully saturated rings. The summed E-state index contributed by atoms with van der Waals surface area (Å²) in [7, 11) is 0. The lowest BCUT2D eigenvalue weighted by atomic mass is 10.1. The molecule has 0 aliphatic heterocycles. The third kappa shape index (κ3) is 3.70. The van der Waals surface area contributed by atoms with E-state index < -0.39 is 29.2 Å². The fourth-order valence-corrected chi connectivity index (χ4v) is 1.57. The molecule has 0 bridgehead atoms. The molecule has 3 N–H and O–H groups in total. The Morgan fingerprint density at radius 3 is 2.55 bits per heavy atom. The normalized spacial score (nSPS) is 11.7. The zero-order valence-corrected chi connectivity index (χ0v) is 11.0. The first-order valence-electron chi connectivity index (χ1n) is 5.19. The van der Waals surface area contributed by atoms with Crippen molar-refractivity contribution in [2.45, 2.75) is 13.1 Å². The molecule has 0 aromatic heterocycles. The van der Waals surface area contributed by atoms with Crippen LogP contribution in [-0.4, -0.2) is 23.1 Å². The molecule has 0 aliphatic rings. The van der Waals surface area contributed by atoms with Gasteiger partial charge in [-0.05, 0) is 12.1 Å². The fourth-order valence-electron chi connectivity index (χ4n) is 1.34. The van der Waals surface area contributed by atoms with E-state index in [-0.39, 0.29) is 5.02 Å². The van der Waals surface area contributed by atoms with Gasteiger partial charge in [0.15, 0.2) is 0 Å². The fraction of sp³-hybridized carbons (Fsp3) is 0.182. The lowest BCUT2D eigenvalue weighted by Crippen LogP contribution is -2.35. The van der Waals surface area contributed by atoms with E-state index in [1.165, 1.54) is 6.07 Å². The number of hydrogen-bond acceptors (Lipinski definition) is 3. The first-order valence-corrected chi connectivity index (χ1v) is 5.56. The Bertz CT molecular complexity index is 557. The Kier molecular flexibility index (Phi) is 4.72. The van der Waals surface area contributed by atoms with Crippen LogP contribution in [0.5, 0.6) is 0 Å². The third-order valence-corrected chi connectivity index (χ3v) is 2.52. The average molecular weight is 307 g/mol. The minimum absolute atomic E-state index is 0.185. The number of carbonyl (C=O) groups is 1. The van der Waals surface area contributed by atoms with Crippen molar-refractivity contribution >= 4 is 29.7 Å². The van der Waals surface area contributed by atoms with Crippen LogP contribution >= 0.6 is 11.6 Å². The second kappa shape index (κ2) is 5.91. The number of rotatable bonds is 2. The van der Waals surface area contributed by atoms with E-state index in [1.54, 1.807) is 0 Å². The van der Waals surface area contributed by atoms with Crippen molar-refractivity contribution < 1.29 is 18.0 Å². The number of halogens is 4. The van der Waals surface area contributed by atoms with Crippen molar-refractivity contribution in [1.29, 1.82) is 5.41 Å². The zero-order chi connectivity index (χ0) is 15.5. The van der Waals surface area contributed by atoms with Crippen LogP contribution in [0.4, 0.5) is 13.2 Å². The Hall–Kier alpha value is -2.09. The average Bonchev–Trinajstić information content (AvgIpc) is 2.28. The van der Waals surface area contributed by atoms with E-state index in [1.807, 2.05) is 0 Å². The van der Waals surface area contributed by atoms with Crippen molar-refractivity contribution in [2.24, 2.45) is 10.8 Å². The maximum atomic E-state index is 12.8. The summed E-state index contributed by atoms with van der Waals surface area (Å²) >= 11 is 5.70. The molecule has 0 unspecified atom stereocenters. The van der Waals surface area contributed by atoms with Crippen LogP contribution in [0, 0.1) is 5.41 Å². The predicted octanol–water partition coefficient (Wildman–Crippen LogP) is 2.43. The molecule has 0 saturated carbocycles. The van der Waals surface area contributed by atoms with Crippen molar-refractivity contribution in [1.82, 2.24) is 5.01 Å². The molecule has 1 aromatic rings. The van der Waals surface area contributed by atoms with E-state index in [4.69, 9.17) is 22.7 Å². The third-order valence-electron chi connectivity index (χ3n) is 2.19. The van der Waals surface area contributed by atoms with Gasteiger partial charge in [0.1, 0.15) is 0 Å². The highest BCUT2D eigenvalue weighted by Gasteiger charge is 2.33. The summed E-state index contributed by atoms with van der Waals surface area (Å²) < 4.78 is 38.4. The number of hydrogen-bond donors (Lipinski definition) is 2. The molecule has 0 aliphatic carbocycles. The molecule has 0 radical (unpaired) electrons. The second-order valence-corrected chi connectivity index (χ2v) is 4.07. The van der Waals surface area contributed by atoms with E-state index >= 15 is 0 Å². The standard InChI is InChI=1S/C11H10ClF3N4O/c1-6(20)19(10(16)17)18-5-7-8(11(13,14)15)3-2-4-9(7)12/h2-5H,1H3,(H3,16,17)/b18-5+. The minimum Gasteiger partial charge on any atom is -0.368 e. The van der Waals surface area contributed by atoms with Gasteiger partial charge < -0.3 is 5.73 Å². The number of carbonyl (C=O) groups excluding carboxylic acids is 1. The quantitative estimate of drug-likeness (QED) is 0.500. The second-order valence-electron chi connectivity index (χ2n) is 3.66.